The van der Waals surface area contributed by atoms with Crippen LogP contribution in [0.5, 0.6) is 0 Å². The monoisotopic (exact) mass is 516 g/mol. The van der Waals surface area contributed by atoms with Crippen molar-refractivity contribution in [2.24, 2.45) is 5.92 Å². The van der Waals surface area contributed by atoms with E-state index in [0.29, 0.717) is 52.1 Å². The van der Waals surface area contributed by atoms with Gasteiger partial charge in [0, 0.05) is 29.9 Å². The van der Waals surface area contributed by atoms with Crippen LogP contribution < -0.4 is 9.62 Å². The molecule has 1 N–H and O–H groups in total. The molecule has 2 aliphatic rings. The summed E-state index contributed by atoms with van der Waals surface area (Å²) in [4.78, 5) is 13.0. The van der Waals surface area contributed by atoms with E-state index in [2.05, 4.69) is 5.32 Å². The first-order chi connectivity index (χ1) is 16.7. The molecule has 2 heterocycles. The van der Waals surface area contributed by atoms with Gasteiger partial charge in [0.05, 0.1) is 35.9 Å². The van der Waals surface area contributed by atoms with Crippen LogP contribution in [0.1, 0.15) is 48.2 Å². The highest BCUT2D eigenvalue weighted by atomic mass is 35.5. The fraction of sp³-hybridized carbons (Fsp3) is 0.440. The first-order valence-electron chi connectivity index (χ1n) is 11.8. The normalized spacial score (nSPS) is 20.0. The summed E-state index contributed by atoms with van der Waals surface area (Å²) < 4.78 is 34.4. The highest BCUT2D eigenvalue weighted by Crippen LogP contribution is 2.47. The number of carbonyl (C=O) groups is 1. The van der Waals surface area contributed by atoms with Crippen molar-refractivity contribution in [3.05, 3.63) is 52.7 Å². The van der Waals surface area contributed by atoms with E-state index >= 15 is 0 Å². The Morgan fingerprint density at radius 2 is 1.97 bits per heavy atom. The molecule has 2 aromatic carbocycles. The molecule has 0 radical (unpaired) electrons. The number of nitrogens with one attached hydrogen (secondary N) is 1. The van der Waals surface area contributed by atoms with E-state index in [9.17, 15) is 13.2 Å². The highest BCUT2D eigenvalue weighted by Gasteiger charge is 2.34. The van der Waals surface area contributed by atoms with E-state index in [1.54, 1.807) is 36.0 Å². The van der Waals surface area contributed by atoms with Crippen LogP contribution in [0.25, 0.3) is 16.6 Å². The molecule has 2 fully saturated rings. The molecule has 1 aliphatic carbocycles. The molecule has 1 amide bonds. The van der Waals surface area contributed by atoms with Gasteiger partial charge in [-0.25, -0.2) is 13.1 Å². The molecular formula is C25H29ClN4O4S. The van der Waals surface area contributed by atoms with Crippen LogP contribution >= 0.6 is 11.6 Å². The molecule has 2 atom stereocenters. The molecular weight excluding hydrogens is 488 g/mol. The van der Waals surface area contributed by atoms with Crippen LogP contribution in [0, 0.1) is 5.92 Å². The van der Waals surface area contributed by atoms with E-state index in [1.807, 2.05) is 19.1 Å². The van der Waals surface area contributed by atoms with Crippen molar-refractivity contribution in [2.45, 2.75) is 38.2 Å². The van der Waals surface area contributed by atoms with E-state index in [-0.39, 0.29) is 17.9 Å². The molecule has 8 nitrogen and oxygen atoms in total. The minimum absolute atomic E-state index is 0.145. The zero-order valence-electron chi connectivity index (χ0n) is 20.0. The Morgan fingerprint density at radius 1 is 1.26 bits per heavy atom. The number of aromatic nitrogens is 2. The Kier molecular flexibility index (Phi) is 6.27. The lowest BCUT2D eigenvalue weighted by Crippen LogP contribution is -2.41. The molecule has 3 aromatic rings. The van der Waals surface area contributed by atoms with Gasteiger partial charge in [-0.1, -0.05) is 11.6 Å². The molecule has 1 saturated carbocycles. The molecule has 1 saturated heterocycles. The summed E-state index contributed by atoms with van der Waals surface area (Å²) in [7, 11) is -1.95. The maximum atomic E-state index is 13.0. The molecule has 0 spiro atoms. The number of carbonyl (C=O) groups excluding carboxylic acids is 1. The lowest BCUT2D eigenvalue weighted by atomic mass is 9.95. The fourth-order valence-electron chi connectivity index (χ4n) is 4.67. The molecule has 5 rings (SSSR count). The number of hydrogen-bond donors (Lipinski definition) is 1. The van der Waals surface area contributed by atoms with Crippen LogP contribution in [-0.4, -0.2) is 56.7 Å². The van der Waals surface area contributed by atoms with Crippen molar-refractivity contribution < 1.29 is 17.9 Å². The Balaban J connectivity index is 1.66. The zero-order chi connectivity index (χ0) is 24.9. The quantitative estimate of drug-likeness (QED) is 0.486. The number of halogens is 1. The van der Waals surface area contributed by atoms with Gasteiger partial charge >= 0.3 is 0 Å². The predicted octanol–water partition coefficient (Wildman–Crippen LogP) is 4.11. The largest absolute Gasteiger partial charge is 0.378 e. The second-order valence-corrected chi connectivity index (χ2v) is 11.8. The Labute approximate surface area is 210 Å². The van der Waals surface area contributed by atoms with Crippen LogP contribution in [-0.2, 0) is 14.8 Å². The zero-order valence-corrected chi connectivity index (χ0v) is 21.6. The smallest absolute Gasteiger partial charge is 0.270 e. The van der Waals surface area contributed by atoms with Gasteiger partial charge in [0.1, 0.15) is 5.69 Å². The predicted molar refractivity (Wildman–Crippen MR) is 137 cm³/mol. The van der Waals surface area contributed by atoms with Gasteiger partial charge < -0.3 is 10.1 Å². The minimum Gasteiger partial charge on any atom is -0.378 e. The van der Waals surface area contributed by atoms with Gasteiger partial charge in [-0.2, -0.15) is 5.10 Å². The number of benzene rings is 2. The van der Waals surface area contributed by atoms with Gasteiger partial charge in [0.25, 0.3) is 5.91 Å². The van der Waals surface area contributed by atoms with Crippen LogP contribution in [0.2, 0.25) is 5.02 Å². The first kappa shape index (κ1) is 24.1. The number of anilines is 1. The number of amides is 1. The first-order valence-corrected chi connectivity index (χ1v) is 14.0. The summed E-state index contributed by atoms with van der Waals surface area (Å²) in [5.74, 6) is 0.341. The molecule has 35 heavy (non-hydrogen) atoms. The van der Waals surface area contributed by atoms with E-state index in [1.165, 1.54) is 10.6 Å². The second kappa shape index (κ2) is 9.11. The van der Waals surface area contributed by atoms with Crippen molar-refractivity contribution in [1.29, 1.82) is 0 Å². The molecule has 0 unspecified atom stereocenters. The molecule has 1 aromatic heterocycles. The van der Waals surface area contributed by atoms with Crippen molar-refractivity contribution >= 4 is 44.1 Å². The Bertz CT molecular complexity index is 1380. The lowest BCUT2D eigenvalue weighted by Gasteiger charge is -2.36. The minimum atomic E-state index is -3.53. The number of nitrogens with zero attached hydrogens (tertiary/aromatic N) is 3. The molecule has 1 aliphatic heterocycles. The topological polar surface area (TPSA) is 93.5 Å². The Morgan fingerprint density at radius 3 is 2.51 bits per heavy atom. The average Bonchev–Trinajstić information content (AvgIpc) is 3.59. The average molecular weight is 517 g/mol. The maximum Gasteiger partial charge on any atom is 0.270 e. The third-order valence-electron chi connectivity index (χ3n) is 6.96. The van der Waals surface area contributed by atoms with E-state index in [0.717, 1.165) is 24.8 Å². The molecule has 186 valence electrons. The fourth-order valence-corrected chi connectivity index (χ4v) is 5.75. The van der Waals surface area contributed by atoms with E-state index < -0.39 is 10.0 Å². The third-order valence-corrected chi connectivity index (χ3v) is 8.39. The number of fused-ring (bicyclic) bond motifs is 1. The molecule has 10 heteroatoms. The maximum absolute atomic E-state index is 13.0. The standard InChI is InChI=1S/C25H29ClN4O4S/c1-15-17(14-34-15)10-11-29(35(3,32)33)23-13-22-21(12-20(23)16-4-5-16)24(25(31)27-2)30(28-22)19-8-6-18(26)7-9-19/h6-9,12-13,15-17H,4-5,10-11,14H2,1-3H3,(H,27,31)/t15-,17+/m0/s1. The summed E-state index contributed by atoms with van der Waals surface area (Å²) in [5.41, 5.74) is 3.26. The van der Waals surface area contributed by atoms with Gasteiger partial charge in [0.2, 0.25) is 10.0 Å². The number of hydrogen-bond acceptors (Lipinski definition) is 5. The summed E-state index contributed by atoms with van der Waals surface area (Å²) >= 11 is 6.06. The summed E-state index contributed by atoms with van der Waals surface area (Å²) in [5, 5.41) is 8.72. The van der Waals surface area contributed by atoms with Crippen molar-refractivity contribution in [3.63, 3.8) is 0 Å². The Hall–Kier alpha value is -2.62. The van der Waals surface area contributed by atoms with Crippen LogP contribution in [0.4, 0.5) is 5.69 Å². The lowest BCUT2D eigenvalue weighted by molar-refractivity contribution is -0.104. The van der Waals surface area contributed by atoms with Gasteiger partial charge in [-0.3, -0.25) is 9.10 Å². The number of sulfonamides is 1. The van der Waals surface area contributed by atoms with Gasteiger partial charge in [-0.15, -0.1) is 0 Å². The SMILES string of the molecule is CNC(=O)c1c2cc(C3CC3)c(N(CC[C@@H]3CO[C@H]3C)S(C)(=O)=O)cc2nn1-c1ccc(Cl)cc1. The number of ether oxygens (including phenoxy) is 1. The highest BCUT2D eigenvalue weighted by molar-refractivity contribution is 7.92. The van der Waals surface area contributed by atoms with Crippen molar-refractivity contribution in [1.82, 2.24) is 15.1 Å². The van der Waals surface area contributed by atoms with Crippen molar-refractivity contribution in [2.75, 3.05) is 30.8 Å². The van der Waals surface area contributed by atoms with Crippen LogP contribution in [0.3, 0.4) is 0 Å². The van der Waals surface area contributed by atoms with Gasteiger partial charge in [-0.05, 0) is 74.1 Å². The van der Waals surface area contributed by atoms with Gasteiger partial charge in [0.15, 0.2) is 0 Å². The van der Waals surface area contributed by atoms with E-state index in [4.69, 9.17) is 21.4 Å². The summed E-state index contributed by atoms with van der Waals surface area (Å²) in [6.07, 6.45) is 4.09. The van der Waals surface area contributed by atoms with Crippen LogP contribution in [0.15, 0.2) is 36.4 Å². The third kappa shape index (κ3) is 4.64. The number of rotatable bonds is 8. The summed E-state index contributed by atoms with van der Waals surface area (Å²) in [6.45, 7) is 3.06. The second-order valence-electron chi connectivity index (χ2n) is 9.44. The summed E-state index contributed by atoms with van der Waals surface area (Å²) in [6, 6.07) is 10.9. The molecule has 0 bridgehead atoms. The van der Waals surface area contributed by atoms with Crippen molar-refractivity contribution in [3.8, 4) is 5.69 Å².